The average Bonchev–Trinajstić information content (AvgIpc) is 3.02. The number of nitrogens with zero attached hydrogens (tertiary/aromatic N) is 1. The molecule has 1 aliphatic rings. The first-order chi connectivity index (χ1) is 10.4. The van der Waals surface area contributed by atoms with Crippen molar-refractivity contribution in [2.75, 3.05) is 26.2 Å². The van der Waals surface area contributed by atoms with Crippen molar-refractivity contribution >= 4 is 0 Å². The number of rotatable bonds is 14. The summed E-state index contributed by atoms with van der Waals surface area (Å²) >= 11 is 0. The zero-order valence-corrected chi connectivity index (χ0v) is 14.8. The fourth-order valence-electron chi connectivity index (χ4n) is 3.52. The third-order valence-corrected chi connectivity index (χ3v) is 4.86. The first kappa shape index (κ1) is 19.0. The molecule has 0 amide bonds. The van der Waals surface area contributed by atoms with E-state index in [1.807, 2.05) is 0 Å². The lowest BCUT2D eigenvalue weighted by molar-refractivity contribution is 0.203. The van der Waals surface area contributed by atoms with Gasteiger partial charge >= 0.3 is 0 Å². The Morgan fingerprint density at radius 2 is 1.38 bits per heavy atom. The molecular weight excluding hydrogens is 256 g/mol. The maximum Gasteiger partial charge on any atom is 0.0232 e. The molecule has 0 aromatic heterocycles. The molecule has 0 aromatic carbocycles. The Labute approximate surface area is 134 Å². The summed E-state index contributed by atoms with van der Waals surface area (Å²) in [5.74, 6) is 0. The van der Waals surface area contributed by atoms with E-state index in [-0.39, 0.29) is 0 Å². The predicted octanol–water partition coefficient (Wildman–Crippen LogP) is 4.98. The molecule has 2 heteroatoms. The lowest BCUT2D eigenvalue weighted by Gasteiger charge is -2.27. The van der Waals surface area contributed by atoms with Gasteiger partial charge in [-0.15, -0.1) is 0 Å². The molecule has 1 aliphatic heterocycles. The van der Waals surface area contributed by atoms with Crippen molar-refractivity contribution in [3.63, 3.8) is 0 Å². The second-order valence-corrected chi connectivity index (χ2v) is 6.86. The van der Waals surface area contributed by atoms with Crippen LogP contribution in [0.3, 0.4) is 0 Å². The van der Waals surface area contributed by atoms with Gasteiger partial charge < -0.3 is 5.32 Å². The quantitative estimate of drug-likeness (QED) is 0.455. The molecule has 0 aromatic rings. The number of nitrogens with one attached hydrogen (secondary N) is 1. The number of hydrogen-bond donors (Lipinski definition) is 1. The summed E-state index contributed by atoms with van der Waals surface area (Å²) < 4.78 is 0. The van der Waals surface area contributed by atoms with Crippen LogP contribution < -0.4 is 5.32 Å². The topological polar surface area (TPSA) is 15.3 Å². The summed E-state index contributed by atoms with van der Waals surface area (Å²) in [6.45, 7) is 9.68. The van der Waals surface area contributed by atoms with Crippen LogP contribution in [0.25, 0.3) is 0 Å². The minimum absolute atomic E-state index is 0.823. The van der Waals surface area contributed by atoms with Gasteiger partial charge in [-0.3, -0.25) is 4.90 Å². The molecular formula is C19H40N2. The summed E-state index contributed by atoms with van der Waals surface area (Å²) in [4.78, 5) is 2.74. The fourth-order valence-corrected chi connectivity index (χ4v) is 3.52. The Hall–Kier alpha value is -0.0800. The molecule has 1 atom stereocenters. The highest BCUT2D eigenvalue weighted by molar-refractivity contribution is 4.80. The van der Waals surface area contributed by atoms with E-state index in [1.165, 1.54) is 103 Å². The van der Waals surface area contributed by atoms with Gasteiger partial charge in [0.25, 0.3) is 0 Å². The standard InChI is InChI=1S/C19H40N2/c1-3-5-6-7-8-9-10-11-12-13-17-21(16-4-2)19-14-15-20-18-19/h19-20H,3-18H2,1-2H3. The van der Waals surface area contributed by atoms with Crippen LogP contribution in [0.2, 0.25) is 0 Å². The van der Waals surface area contributed by atoms with Gasteiger partial charge in [0, 0.05) is 12.6 Å². The molecule has 0 saturated carbocycles. The molecule has 1 rings (SSSR count). The molecule has 2 nitrogen and oxygen atoms in total. The molecule has 0 aliphatic carbocycles. The van der Waals surface area contributed by atoms with Crippen LogP contribution in [-0.4, -0.2) is 37.1 Å². The van der Waals surface area contributed by atoms with Crippen molar-refractivity contribution in [3.05, 3.63) is 0 Å². The van der Waals surface area contributed by atoms with Crippen LogP contribution >= 0.6 is 0 Å². The fraction of sp³-hybridized carbons (Fsp3) is 1.00. The molecule has 1 N–H and O–H groups in total. The summed E-state index contributed by atoms with van der Waals surface area (Å²) in [7, 11) is 0. The molecule has 1 unspecified atom stereocenters. The monoisotopic (exact) mass is 296 g/mol. The minimum Gasteiger partial charge on any atom is -0.315 e. The van der Waals surface area contributed by atoms with Gasteiger partial charge in [-0.2, -0.15) is 0 Å². The van der Waals surface area contributed by atoms with Crippen molar-refractivity contribution < 1.29 is 0 Å². The van der Waals surface area contributed by atoms with E-state index in [0.29, 0.717) is 0 Å². The highest BCUT2D eigenvalue weighted by Gasteiger charge is 2.20. The number of unbranched alkanes of at least 4 members (excludes halogenated alkanes) is 9. The van der Waals surface area contributed by atoms with Gasteiger partial charge in [0.15, 0.2) is 0 Å². The van der Waals surface area contributed by atoms with Crippen LogP contribution in [-0.2, 0) is 0 Å². The first-order valence-electron chi connectivity index (χ1n) is 9.83. The Balaban J connectivity index is 1.91. The molecule has 0 spiro atoms. The largest absolute Gasteiger partial charge is 0.315 e. The summed E-state index contributed by atoms with van der Waals surface area (Å²) in [5, 5.41) is 3.51. The summed E-state index contributed by atoms with van der Waals surface area (Å²) in [6, 6.07) is 0.823. The van der Waals surface area contributed by atoms with Gasteiger partial charge in [-0.1, -0.05) is 71.6 Å². The van der Waals surface area contributed by atoms with Crippen molar-refractivity contribution in [1.82, 2.24) is 10.2 Å². The van der Waals surface area contributed by atoms with Gasteiger partial charge in [0.1, 0.15) is 0 Å². The van der Waals surface area contributed by atoms with Gasteiger partial charge in [-0.25, -0.2) is 0 Å². The molecule has 0 radical (unpaired) electrons. The smallest absolute Gasteiger partial charge is 0.0232 e. The Kier molecular flexibility index (Phi) is 12.3. The molecule has 126 valence electrons. The molecule has 1 heterocycles. The first-order valence-corrected chi connectivity index (χ1v) is 9.83. The molecule has 21 heavy (non-hydrogen) atoms. The van der Waals surface area contributed by atoms with E-state index < -0.39 is 0 Å². The Bertz CT molecular complexity index is 212. The predicted molar refractivity (Wildman–Crippen MR) is 95.0 cm³/mol. The van der Waals surface area contributed by atoms with Crippen LogP contribution in [0, 0.1) is 0 Å². The molecule has 1 saturated heterocycles. The minimum atomic E-state index is 0.823. The normalized spacial score (nSPS) is 18.7. The van der Waals surface area contributed by atoms with Crippen LogP contribution in [0.5, 0.6) is 0 Å². The van der Waals surface area contributed by atoms with Crippen molar-refractivity contribution in [1.29, 1.82) is 0 Å². The van der Waals surface area contributed by atoms with Gasteiger partial charge in [0.2, 0.25) is 0 Å². The molecule has 1 fully saturated rings. The number of hydrogen-bond acceptors (Lipinski definition) is 2. The maximum atomic E-state index is 3.51. The lowest BCUT2D eigenvalue weighted by Crippen LogP contribution is -2.38. The maximum absolute atomic E-state index is 3.51. The van der Waals surface area contributed by atoms with Crippen molar-refractivity contribution in [2.45, 2.75) is 96.9 Å². The Morgan fingerprint density at radius 1 is 0.762 bits per heavy atom. The zero-order valence-electron chi connectivity index (χ0n) is 14.8. The summed E-state index contributed by atoms with van der Waals surface area (Å²) in [5.41, 5.74) is 0. The average molecular weight is 297 g/mol. The zero-order chi connectivity index (χ0) is 15.2. The molecule has 0 bridgehead atoms. The van der Waals surface area contributed by atoms with Crippen LogP contribution in [0.4, 0.5) is 0 Å². The second kappa shape index (κ2) is 13.6. The highest BCUT2D eigenvalue weighted by atomic mass is 15.2. The van der Waals surface area contributed by atoms with Crippen LogP contribution in [0.15, 0.2) is 0 Å². The van der Waals surface area contributed by atoms with E-state index in [0.717, 1.165) is 6.04 Å². The second-order valence-electron chi connectivity index (χ2n) is 6.86. The van der Waals surface area contributed by atoms with E-state index in [9.17, 15) is 0 Å². The van der Waals surface area contributed by atoms with E-state index >= 15 is 0 Å². The van der Waals surface area contributed by atoms with Crippen molar-refractivity contribution in [2.24, 2.45) is 0 Å². The van der Waals surface area contributed by atoms with Crippen LogP contribution in [0.1, 0.15) is 90.9 Å². The third-order valence-electron chi connectivity index (χ3n) is 4.86. The lowest BCUT2D eigenvalue weighted by atomic mass is 10.1. The van der Waals surface area contributed by atoms with Gasteiger partial charge in [0.05, 0.1) is 0 Å². The highest BCUT2D eigenvalue weighted by Crippen LogP contribution is 2.13. The summed E-state index contributed by atoms with van der Waals surface area (Å²) in [6.07, 6.45) is 17.1. The van der Waals surface area contributed by atoms with E-state index in [1.54, 1.807) is 0 Å². The third kappa shape index (κ3) is 9.52. The van der Waals surface area contributed by atoms with Gasteiger partial charge in [-0.05, 0) is 38.9 Å². The Morgan fingerprint density at radius 3 is 1.90 bits per heavy atom. The SMILES string of the molecule is CCCCCCCCCCCCN(CCC)C1CCNC1. The van der Waals surface area contributed by atoms with Crippen molar-refractivity contribution in [3.8, 4) is 0 Å². The van der Waals surface area contributed by atoms with E-state index in [4.69, 9.17) is 0 Å². The van der Waals surface area contributed by atoms with E-state index in [2.05, 4.69) is 24.1 Å².